The van der Waals surface area contributed by atoms with Gasteiger partial charge in [0, 0.05) is 11.5 Å². The summed E-state index contributed by atoms with van der Waals surface area (Å²) in [5.41, 5.74) is 5.39. The van der Waals surface area contributed by atoms with Gasteiger partial charge in [0.25, 0.3) is 10.0 Å². The molecule has 0 aromatic carbocycles. The molecule has 0 bridgehead atoms. The highest BCUT2D eigenvalue weighted by molar-refractivity contribution is 7.93. The van der Waals surface area contributed by atoms with E-state index in [9.17, 15) is 8.42 Å². The number of aromatic nitrogens is 4. The third-order valence-corrected chi connectivity index (χ3v) is 3.62. The average molecular weight is 246 g/mol. The van der Waals surface area contributed by atoms with Gasteiger partial charge in [-0.05, 0) is 0 Å². The first kappa shape index (κ1) is 9.86. The number of anilines is 2. The lowest BCUT2D eigenvalue weighted by atomic mass is 10.7. The average Bonchev–Trinajstić information content (AvgIpc) is 2.75. The van der Waals surface area contributed by atoms with Gasteiger partial charge in [-0.15, -0.1) is 5.10 Å². The molecule has 2 aromatic heterocycles. The van der Waals surface area contributed by atoms with Crippen molar-refractivity contribution >= 4 is 32.4 Å². The van der Waals surface area contributed by atoms with Crippen molar-refractivity contribution in [1.29, 1.82) is 0 Å². The fourth-order valence-electron chi connectivity index (χ4n) is 0.899. The Kier molecular flexibility index (Phi) is 2.28. The van der Waals surface area contributed by atoms with E-state index in [0.29, 0.717) is 5.00 Å². The molecule has 2 aromatic rings. The molecule has 0 saturated carbocycles. The Hall–Kier alpha value is -1.68. The molecule has 10 heteroatoms. The normalized spacial score (nSPS) is 11.5. The van der Waals surface area contributed by atoms with E-state index in [1.54, 1.807) is 0 Å². The minimum atomic E-state index is -3.71. The lowest BCUT2D eigenvalue weighted by Gasteiger charge is -2.02. The van der Waals surface area contributed by atoms with Gasteiger partial charge in [0.1, 0.15) is 15.7 Å². The van der Waals surface area contributed by atoms with E-state index < -0.39 is 10.0 Å². The Morgan fingerprint density at radius 1 is 1.47 bits per heavy atom. The highest BCUT2D eigenvalue weighted by atomic mass is 32.2. The molecular formula is C5H6N6O2S2. The summed E-state index contributed by atoms with van der Waals surface area (Å²) in [5, 5.41) is 9.67. The quantitative estimate of drug-likeness (QED) is 0.679. The zero-order chi connectivity index (χ0) is 10.9. The Balaban J connectivity index is 2.33. The zero-order valence-electron chi connectivity index (χ0n) is 7.21. The Morgan fingerprint density at radius 3 is 2.80 bits per heavy atom. The van der Waals surface area contributed by atoms with E-state index in [-0.39, 0.29) is 10.7 Å². The van der Waals surface area contributed by atoms with E-state index in [4.69, 9.17) is 5.73 Å². The maximum absolute atomic E-state index is 11.7. The number of nitrogens with two attached hydrogens (primary N) is 1. The molecule has 0 fully saturated rings. The highest BCUT2D eigenvalue weighted by Gasteiger charge is 2.19. The molecule has 0 unspecified atom stereocenters. The number of nitrogens with zero attached hydrogens (tertiary/aromatic N) is 3. The standard InChI is InChI=1S/C5H6N6O2S2/c6-5-3(1-7-9-5)15(12,13)10-4-2-8-11-14-4/h1-2,10H,(H3,6,7,9). The zero-order valence-corrected chi connectivity index (χ0v) is 8.84. The van der Waals surface area contributed by atoms with Crippen molar-refractivity contribution in [3.63, 3.8) is 0 Å². The Labute approximate surface area is 88.7 Å². The van der Waals surface area contributed by atoms with Crippen LogP contribution in [0.25, 0.3) is 0 Å². The summed E-state index contributed by atoms with van der Waals surface area (Å²) in [4.78, 5) is -0.101. The maximum atomic E-state index is 11.7. The molecule has 0 aliphatic heterocycles. The van der Waals surface area contributed by atoms with Crippen LogP contribution in [0.1, 0.15) is 0 Å². The van der Waals surface area contributed by atoms with Gasteiger partial charge in [0.05, 0.1) is 12.4 Å². The SMILES string of the molecule is Nc1[nH]ncc1S(=O)(=O)Nc1cnns1. The first-order valence-corrected chi connectivity index (χ1v) is 5.94. The molecule has 0 atom stereocenters. The van der Waals surface area contributed by atoms with Crippen LogP contribution in [0.15, 0.2) is 17.3 Å². The largest absolute Gasteiger partial charge is 0.383 e. The summed E-state index contributed by atoms with van der Waals surface area (Å²) >= 11 is 0.930. The fraction of sp³-hybridized carbons (Fsp3) is 0. The van der Waals surface area contributed by atoms with Crippen molar-refractivity contribution in [2.24, 2.45) is 0 Å². The second kappa shape index (κ2) is 3.47. The third-order valence-electron chi connectivity index (χ3n) is 1.52. The first-order valence-electron chi connectivity index (χ1n) is 3.68. The summed E-state index contributed by atoms with van der Waals surface area (Å²) in [6.07, 6.45) is 2.44. The molecule has 2 heterocycles. The molecule has 0 aliphatic carbocycles. The van der Waals surface area contributed by atoms with Crippen molar-refractivity contribution in [1.82, 2.24) is 19.8 Å². The highest BCUT2D eigenvalue weighted by Crippen LogP contribution is 2.19. The van der Waals surface area contributed by atoms with Gasteiger partial charge in [0.2, 0.25) is 0 Å². The Morgan fingerprint density at radius 2 is 2.27 bits per heavy atom. The number of hydrogen-bond donors (Lipinski definition) is 3. The van der Waals surface area contributed by atoms with Crippen LogP contribution in [0.3, 0.4) is 0 Å². The van der Waals surface area contributed by atoms with Gasteiger partial charge in [-0.3, -0.25) is 9.82 Å². The molecule has 0 spiro atoms. The second-order valence-electron chi connectivity index (χ2n) is 2.54. The fourth-order valence-corrected chi connectivity index (χ4v) is 2.61. The molecule has 0 radical (unpaired) electrons. The van der Waals surface area contributed by atoms with Crippen molar-refractivity contribution in [3.8, 4) is 0 Å². The molecular weight excluding hydrogens is 240 g/mol. The molecule has 80 valence electrons. The molecule has 2 rings (SSSR count). The van der Waals surface area contributed by atoms with Crippen molar-refractivity contribution in [2.45, 2.75) is 4.90 Å². The van der Waals surface area contributed by atoms with Gasteiger partial charge in [0.15, 0.2) is 0 Å². The van der Waals surface area contributed by atoms with Crippen LogP contribution >= 0.6 is 11.5 Å². The molecule has 15 heavy (non-hydrogen) atoms. The van der Waals surface area contributed by atoms with Crippen molar-refractivity contribution < 1.29 is 8.42 Å². The van der Waals surface area contributed by atoms with Gasteiger partial charge >= 0.3 is 0 Å². The van der Waals surface area contributed by atoms with Crippen LogP contribution in [0.2, 0.25) is 0 Å². The van der Waals surface area contributed by atoms with Gasteiger partial charge in [-0.1, -0.05) is 4.49 Å². The summed E-state index contributed by atoms with van der Waals surface area (Å²) in [6.45, 7) is 0. The van der Waals surface area contributed by atoms with Crippen LogP contribution in [0.4, 0.5) is 10.8 Å². The van der Waals surface area contributed by atoms with E-state index in [0.717, 1.165) is 17.7 Å². The summed E-state index contributed by atoms with van der Waals surface area (Å²) in [7, 11) is -3.71. The minimum Gasteiger partial charge on any atom is -0.383 e. The van der Waals surface area contributed by atoms with E-state index >= 15 is 0 Å². The molecule has 8 nitrogen and oxygen atoms in total. The van der Waals surface area contributed by atoms with E-state index in [1.165, 1.54) is 6.20 Å². The lowest BCUT2D eigenvalue weighted by molar-refractivity contribution is 0.602. The number of H-pyrrole nitrogens is 1. The van der Waals surface area contributed by atoms with Gasteiger partial charge in [-0.2, -0.15) is 5.10 Å². The number of hydrogen-bond acceptors (Lipinski definition) is 7. The number of nitrogen functional groups attached to an aromatic ring is 1. The van der Waals surface area contributed by atoms with Crippen LogP contribution in [-0.2, 0) is 10.0 Å². The minimum absolute atomic E-state index is 0.0139. The summed E-state index contributed by atoms with van der Waals surface area (Å²) in [5.74, 6) is -0.0139. The topological polar surface area (TPSA) is 127 Å². The number of rotatable bonds is 3. The van der Waals surface area contributed by atoms with E-state index in [1.807, 2.05) is 0 Å². The van der Waals surface area contributed by atoms with Crippen LogP contribution < -0.4 is 10.5 Å². The number of sulfonamides is 1. The molecule has 4 N–H and O–H groups in total. The predicted molar refractivity (Wildman–Crippen MR) is 53.7 cm³/mol. The molecule has 0 amide bonds. The van der Waals surface area contributed by atoms with Crippen LogP contribution in [-0.4, -0.2) is 28.2 Å². The third kappa shape index (κ3) is 1.89. The smallest absolute Gasteiger partial charge is 0.267 e. The monoisotopic (exact) mass is 246 g/mol. The van der Waals surface area contributed by atoms with Crippen molar-refractivity contribution in [2.75, 3.05) is 10.5 Å². The van der Waals surface area contributed by atoms with Gasteiger partial charge in [-0.25, -0.2) is 8.42 Å². The first-order chi connectivity index (χ1) is 7.09. The van der Waals surface area contributed by atoms with Crippen molar-refractivity contribution in [3.05, 3.63) is 12.4 Å². The van der Waals surface area contributed by atoms with Crippen LogP contribution in [0.5, 0.6) is 0 Å². The lowest BCUT2D eigenvalue weighted by Crippen LogP contribution is -2.12. The van der Waals surface area contributed by atoms with Crippen LogP contribution in [0, 0.1) is 0 Å². The summed E-state index contributed by atoms with van der Waals surface area (Å²) in [6, 6.07) is 0. The Bertz CT molecular complexity index is 544. The predicted octanol–water partition coefficient (Wildman–Crippen LogP) is -0.356. The molecule has 0 saturated heterocycles. The second-order valence-corrected chi connectivity index (χ2v) is 4.97. The number of nitrogens with one attached hydrogen (secondary N) is 2. The number of aromatic amines is 1. The molecule has 0 aliphatic rings. The van der Waals surface area contributed by atoms with Gasteiger partial charge < -0.3 is 5.73 Å². The van der Waals surface area contributed by atoms with E-state index in [2.05, 4.69) is 24.5 Å². The maximum Gasteiger partial charge on any atom is 0.267 e. The summed E-state index contributed by atoms with van der Waals surface area (Å²) < 4.78 is 29.2.